The topological polar surface area (TPSA) is 37.3 Å². The van der Waals surface area contributed by atoms with Crippen LogP contribution in [0.3, 0.4) is 0 Å². The molecule has 2 aromatic rings. The van der Waals surface area contributed by atoms with Crippen molar-refractivity contribution in [2.75, 3.05) is 0 Å². The molecule has 0 heterocycles. The average Bonchev–Trinajstić information content (AvgIpc) is 2.45. The van der Waals surface area contributed by atoms with Crippen LogP contribution in [0.5, 0.6) is 0 Å². The van der Waals surface area contributed by atoms with Gasteiger partial charge in [0.15, 0.2) is 0 Å². The van der Waals surface area contributed by atoms with Crippen LogP contribution < -0.4 is 0 Å². The number of carboxylic acids is 1. The summed E-state index contributed by atoms with van der Waals surface area (Å²) in [6.45, 7) is 0. The number of rotatable bonds is 4. The molecular formula is C17H15ClO2. The van der Waals surface area contributed by atoms with Crippen LogP contribution in [0.15, 0.2) is 66.7 Å². The van der Waals surface area contributed by atoms with Gasteiger partial charge in [0.1, 0.15) is 0 Å². The Hall–Kier alpha value is -2.32. The molecule has 0 aromatic heterocycles. The first kappa shape index (κ1) is 15.7. The Balaban J connectivity index is 0.00000200. The van der Waals surface area contributed by atoms with Crippen LogP contribution in [0.4, 0.5) is 0 Å². The molecule has 0 saturated heterocycles. The van der Waals surface area contributed by atoms with Crippen LogP contribution in [0.2, 0.25) is 0 Å². The fraction of sp³-hybridized carbons (Fsp3) is 0. The number of carboxylic acid groups (broad SMARTS) is 1. The van der Waals surface area contributed by atoms with Gasteiger partial charge in [-0.1, -0.05) is 72.8 Å². The highest BCUT2D eigenvalue weighted by Crippen LogP contribution is 2.11. The maximum atomic E-state index is 11.0. The Bertz CT molecular complexity index is 616. The van der Waals surface area contributed by atoms with Crippen LogP contribution in [0.1, 0.15) is 21.5 Å². The lowest BCUT2D eigenvalue weighted by Gasteiger charge is -1.98. The van der Waals surface area contributed by atoms with Crippen molar-refractivity contribution in [2.24, 2.45) is 0 Å². The minimum atomic E-state index is -0.910. The van der Waals surface area contributed by atoms with E-state index in [1.54, 1.807) is 24.3 Å². The summed E-state index contributed by atoms with van der Waals surface area (Å²) in [5.74, 6) is -0.910. The van der Waals surface area contributed by atoms with E-state index >= 15 is 0 Å². The van der Waals surface area contributed by atoms with Gasteiger partial charge in [0, 0.05) is 0 Å². The molecule has 20 heavy (non-hydrogen) atoms. The fourth-order valence-electron chi connectivity index (χ4n) is 1.73. The first-order valence-electron chi connectivity index (χ1n) is 5.99. The Kier molecular flexibility index (Phi) is 6.27. The lowest BCUT2D eigenvalue weighted by atomic mass is 10.1. The van der Waals surface area contributed by atoms with Crippen molar-refractivity contribution in [1.82, 2.24) is 0 Å². The number of halogens is 1. The Morgan fingerprint density at radius 1 is 0.850 bits per heavy atom. The largest absolute Gasteiger partial charge is 0.478 e. The van der Waals surface area contributed by atoms with Crippen molar-refractivity contribution >= 4 is 30.5 Å². The summed E-state index contributed by atoms with van der Waals surface area (Å²) in [6.07, 6.45) is 7.51. The van der Waals surface area contributed by atoms with Crippen LogP contribution in [0.25, 0.3) is 12.2 Å². The molecule has 0 atom stereocenters. The first-order valence-corrected chi connectivity index (χ1v) is 5.99. The van der Waals surface area contributed by atoms with Crippen LogP contribution >= 0.6 is 12.4 Å². The van der Waals surface area contributed by atoms with Gasteiger partial charge < -0.3 is 5.11 Å². The van der Waals surface area contributed by atoms with Gasteiger partial charge in [-0.25, -0.2) is 4.79 Å². The average molecular weight is 287 g/mol. The van der Waals surface area contributed by atoms with E-state index in [4.69, 9.17) is 5.11 Å². The molecule has 3 heteroatoms. The Morgan fingerprint density at radius 2 is 1.45 bits per heavy atom. The summed E-state index contributed by atoms with van der Waals surface area (Å²) in [7, 11) is 0. The summed E-state index contributed by atoms with van der Waals surface area (Å²) < 4.78 is 0. The van der Waals surface area contributed by atoms with Crippen LogP contribution in [-0.4, -0.2) is 11.1 Å². The molecule has 0 aliphatic heterocycles. The monoisotopic (exact) mass is 286 g/mol. The summed E-state index contributed by atoms with van der Waals surface area (Å²) in [4.78, 5) is 11.0. The molecule has 102 valence electrons. The molecule has 0 unspecified atom stereocenters. The van der Waals surface area contributed by atoms with Crippen molar-refractivity contribution in [3.63, 3.8) is 0 Å². The number of hydrogen-bond donors (Lipinski definition) is 1. The summed E-state index contributed by atoms with van der Waals surface area (Å²) in [5.41, 5.74) is 2.12. The smallest absolute Gasteiger partial charge is 0.336 e. The summed E-state index contributed by atoms with van der Waals surface area (Å²) >= 11 is 0. The highest BCUT2D eigenvalue weighted by molar-refractivity contribution is 5.92. The highest BCUT2D eigenvalue weighted by Gasteiger charge is 2.05. The third-order valence-electron chi connectivity index (χ3n) is 2.67. The maximum absolute atomic E-state index is 11.0. The van der Waals surface area contributed by atoms with Crippen molar-refractivity contribution in [3.05, 3.63) is 83.4 Å². The van der Waals surface area contributed by atoms with Gasteiger partial charge in [0.05, 0.1) is 5.56 Å². The van der Waals surface area contributed by atoms with Crippen LogP contribution in [0, 0.1) is 0 Å². The van der Waals surface area contributed by atoms with E-state index in [1.807, 2.05) is 54.6 Å². The minimum Gasteiger partial charge on any atom is -0.478 e. The van der Waals surface area contributed by atoms with Crippen molar-refractivity contribution in [3.8, 4) is 0 Å². The number of benzene rings is 2. The molecule has 1 N–H and O–H groups in total. The van der Waals surface area contributed by atoms with E-state index in [-0.39, 0.29) is 12.4 Å². The minimum absolute atomic E-state index is 0. The standard InChI is InChI=1S/C17H14O2.ClH/c18-17(19)16-13-7-6-12-15(16)11-5-4-10-14-8-2-1-3-9-14;/h1-13H,(H,18,19);1H. The number of allylic oxidation sites excluding steroid dienone is 2. The zero-order valence-electron chi connectivity index (χ0n) is 10.8. The molecule has 0 aliphatic carbocycles. The van der Waals surface area contributed by atoms with Gasteiger partial charge in [0.25, 0.3) is 0 Å². The molecule has 0 saturated carbocycles. The van der Waals surface area contributed by atoms with Gasteiger partial charge in [-0.15, -0.1) is 12.4 Å². The van der Waals surface area contributed by atoms with E-state index < -0.39 is 5.97 Å². The lowest BCUT2D eigenvalue weighted by molar-refractivity contribution is 0.0696. The van der Waals surface area contributed by atoms with Crippen LogP contribution in [-0.2, 0) is 0 Å². The van der Waals surface area contributed by atoms with E-state index in [1.165, 1.54) is 0 Å². The van der Waals surface area contributed by atoms with Crippen molar-refractivity contribution < 1.29 is 9.90 Å². The highest BCUT2D eigenvalue weighted by atomic mass is 35.5. The molecule has 2 rings (SSSR count). The lowest BCUT2D eigenvalue weighted by Crippen LogP contribution is -1.98. The molecule has 0 spiro atoms. The number of carbonyl (C=O) groups is 1. The molecule has 2 aromatic carbocycles. The molecule has 0 fully saturated rings. The molecule has 0 bridgehead atoms. The predicted molar refractivity (Wildman–Crippen MR) is 85.2 cm³/mol. The van der Waals surface area contributed by atoms with E-state index in [9.17, 15) is 4.79 Å². The van der Waals surface area contributed by atoms with E-state index in [0.717, 1.165) is 5.56 Å². The summed E-state index contributed by atoms with van der Waals surface area (Å²) in [6, 6.07) is 16.9. The quantitative estimate of drug-likeness (QED) is 0.838. The zero-order valence-corrected chi connectivity index (χ0v) is 11.6. The van der Waals surface area contributed by atoms with Crippen molar-refractivity contribution in [1.29, 1.82) is 0 Å². The second-order valence-electron chi connectivity index (χ2n) is 4.02. The third-order valence-corrected chi connectivity index (χ3v) is 2.67. The number of hydrogen-bond acceptors (Lipinski definition) is 1. The second-order valence-corrected chi connectivity index (χ2v) is 4.02. The Labute approximate surface area is 124 Å². The van der Waals surface area contributed by atoms with Gasteiger partial charge in [0.2, 0.25) is 0 Å². The van der Waals surface area contributed by atoms with Gasteiger partial charge in [-0.2, -0.15) is 0 Å². The van der Waals surface area contributed by atoms with Gasteiger partial charge in [-0.05, 0) is 17.2 Å². The zero-order chi connectivity index (χ0) is 13.5. The molecule has 0 aliphatic rings. The second kappa shape index (κ2) is 7.97. The normalized spacial score (nSPS) is 10.6. The van der Waals surface area contributed by atoms with Gasteiger partial charge >= 0.3 is 5.97 Å². The molecule has 0 radical (unpaired) electrons. The van der Waals surface area contributed by atoms with Gasteiger partial charge in [-0.3, -0.25) is 0 Å². The molecule has 2 nitrogen and oxygen atoms in total. The predicted octanol–water partition coefficient (Wildman–Crippen LogP) is 4.53. The molecular weight excluding hydrogens is 272 g/mol. The SMILES string of the molecule is Cl.O=C(O)c1ccccc1C=CC=Cc1ccccc1. The van der Waals surface area contributed by atoms with E-state index in [2.05, 4.69) is 0 Å². The van der Waals surface area contributed by atoms with Crippen molar-refractivity contribution in [2.45, 2.75) is 0 Å². The maximum Gasteiger partial charge on any atom is 0.336 e. The van der Waals surface area contributed by atoms with E-state index in [0.29, 0.717) is 11.1 Å². The third kappa shape index (κ3) is 4.41. The fourth-order valence-corrected chi connectivity index (χ4v) is 1.73. The number of aromatic carboxylic acids is 1. The first-order chi connectivity index (χ1) is 9.27. The Morgan fingerprint density at radius 3 is 2.15 bits per heavy atom. The molecule has 0 amide bonds. The summed E-state index contributed by atoms with van der Waals surface area (Å²) in [5, 5.41) is 9.05.